The monoisotopic (exact) mass is 479 g/mol. The molecule has 0 atom stereocenters. The summed E-state index contributed by atoms with van der Waals surface area (Å²) in [5.74, 6) is 0.568. The Hall–Kier alpha value is -2.47. The van der Waals surface area contributed by atoms with Gasteiger partial charge in [0.25, 0.3) is 11.6 Å². The summed E-state index contributed by atoms with van der Waals surface area (Å²) in [6.45, 7) is 0. The lowest BCUT2D eigenvalue weighted by Crippen LogP contribution is -2.19. The van der Waals surface area contributed by atoms with E-state index < -0.39 is 4.92 Å². The summed E-state index contributed by atoms with van der Waals surface area (Å²) in [7, 11) is 0. The number of carbonyl (C=O) groups is 1. The van der Waals surface area contributed by atoms with E-state index in [1.165, 1.54) is 41.4 Å². The quantitative estimate of drug-likeness (QED) is 0.206. The van der Waals surface area contributed by atoms with Crippen LogP contribution in [0.1, 0.15) is 11.1 Å². The maximum atomic E-state index is 11.9. The second-order valence-electron chi connectivity index (χ2n) is 5.68. The molecule has 0 bridgehead atoms. The summed E-state index contributed by atoms with van der Waals surface area (Å²) < 4.78 is 1.50. The molecule has 30 heavy (non-hydrogen) atoms. The molecule has 0 unspecified atom stereocenters. The van der Waals surface area contributed by atoms with Crippen LogP contribution in [0, 0.1) is 10.1 Å². The Labute approximate surface area is 189 Å². The zero-order valence-electron chi connectivity index (χ0n) is 15.2. The Morgan fingerprint density at radius 2 is 1.93 bits per heavy atom. The van der Waals surface area contributed by atoms with E-state index in [9.17, 15) is 14.9 Å². The van der Waals surface area contributed by atoms with Crippen molar-refractivity contribution in [2.24, 2.45) is 5.10 Å². The smallest absolute Gasteiger partial charge is 0.270 e. The van der Waals surface area contributed by atoms with Crippen molar-refractivity contribution < 1.29 is 9.72 Å². The van der Waals surface area contributed by atoms with Crippen LogP contribution in [0.4, 0.5) is 5.69 Å². The number of amides is 1. The highest BCUT2D eigenvalue weighted by atomic mass is 35.5. The van der Waals surface area contributed by atoms with Gasteiger partial charge in [0.15, 0.2) is 8.68 Å². The molecule has 0 spiro atoms. The van der Waals surface area contributed by atoms with Gasteiger partial charge in [0.05, 0.1) is 16.9 Å². The minimum absolute atomic E-state index is 0.0400. The molecule has 0 aliphatic carbocycles. The molecule has 0 aliphatic heterocycles. The summed E-state index contributed by atoms with van der Waals surface area (Å²) in [5, 5.41) is 23.5. The maximum absolute atomic E-state index is 11.9. The molecule has 3 rings (SSSR count). The van der Waals surface area contributed by atoms with Crippen molar-refractivity contribution in [3.05, 3.63) is 74.8 Å². The van der Waals surface area contributed by atoms with Gasteiger partial charge in [-0.25, -0.2) is 5.43 Å². The largest absolute Gasteiger partial charge is 0.272 e. The number of aromatic nitrogens is 2. The zero-order chi connectivity index (χ0) is 21.3. The number of nitro benzene ring substituents is 1. The molecule has 12 heteroatoms. The number of thioether (sulfide) groups is 2. The van der Waals surface area contributed by atoms with Crippen LogP contribution in [-0.2, 0) is 10.5 Å². The fourth-order valence-electron chi connectivity index (χ4n) is 2.10. The number of hydrogen-bond acceptors (Lipinski definition) is 9. The normalized spacial score (nSPS) is 11.0. The van der Waals surface area contributed by atoms with Gasteiger partial charge in [-0.3, -0.25) is 14.9 Å². The van der Waals surface area contributed by atoms with Crippen LogP contribution >= 0.6 is 46.5 Å². The number of carbonyl (C=O) groups excluding carboxylic acids is 1. The molecule has 0 radical (unpaired) electrons. The number of non-ortho nitro benzene ring substituents is 1. The fraction of sp³-hybridized carbons (Fsp3) is 0.111. The van der Waals surface area contributed by atoms with Gasteiger partial charge < -0.3 is 0 Å². The van der Waals surface area contributed by atoms with Crippen molar-refractivity contribution >= 4 is 64.3 Å². The first kappa shape index (κ1) is 22.2. The molecule has 2 aromatic carbocycles. The van der Waals surface area contributed by atoms with E-state index >= 15 is 0 Å². The molecule has 3 aromatic rings. The molecule has 0 saturated carbocycles. The number of hydrazone groups is 1. The third kappa shape index (κ3) is 7.10. The number of halogens is 1. The Bertz CT molecular complexity index is 1060. The molecule has 1 N–H and O–H groups in total. The van der Waals surface area contributed by atoms with E-state index in [0.717, 1.165) is 15.7 Å². The number of benzene rings is 2. The third-order valence-corrected chi connectivity index (χ3v) is 6.99. The topological polar surface area (TPSA) is 110 Å². The first-order valence-corrected chi connectivity index (χ1v) is 11.6. The van der Waals surface area contributed by atoms with E-state index in [-0.39, 0.29) is 17.3 Å². The molecular formula is C18H14ClN5O3S3. The highest BCUT2D eigenvalue weighted by Gasteiger charge is 2.09. The summed E-state index contributed by atoms with van der Waals surface area (Å²) in [6.07, 6.45) is 1.35. The second kappa shape index (κ2) is 11.1. The number of nitro groups is 1. The first-order valence-electron chi connectivity index (χ1n) is 8.39. The lowest BCUT2D eigenvalue weighted by atomic mass is 10.2. The van der Waals surface area contributed by atoms with Crippen LogP contribution < -0.4 is 5.43 Å². The third-order valence-electron chi connectivity index (χ3n) is 3.47. The van der Waals surface area contributed by atoms with Crippen molar-refractivity contribution in [1.82, 2.24) is 15.6 Å². The van der Waals surface area contributed by atoms with E-state index in [1.807, 2.05) is 24.3 Å². The van der Waals surface area contributed by atoms with Crippen LogP contribution in [0.3, 0.4) is 0 Å². The molecule has 154 valence electrons. The maximum Gasteiger partial charge on any atom is 0.270 e. The van der Waals surface area contributed by atoms with Gasteiger partial charge in [-0.2, -0.15) is 5.10 Å². The van der Waals surface area contributed by atoms with Crippen molar-refractivity contribution in [3.63, 3.8) is 0 Å². The van der Waals surface area contributed by atoms with Gasteiger partial charge in [-0.15, -0.1) is 10.2 Å². The van der Waals surface area contributed by atoms with Gasteiger partial charge in [0.2, 0.25) is 0 Å². The van der Waals surface area contributed by atoms with E-state index in [1.54, 1.807) is 23.9 Å². The van der Waals surface area contributed by atoms with E-state index in [4.69, 9.17) is 11.6 Å². The van der Waals surface area contributed by atoms with Crippen molar-refractivity contribution in [2.45, 2.75) is 14.4 Å². The lowest BCUT2D eigenvalue weighted by molar-refractivity contribution is -0.384. The summed E-state index contributed by atoms with van der Waals surface area (Å²) in [4.78, 5) is 22.2. The van der Waals surface area contributed by atoms with E-state index in [2.05, 4.69) is 20.7 Å². The highest BCUT2D eigenvalue weighted by Crippen LogP contribution is 2.30. The summed E-state index contributed by atoms with van der Waals surface area (Å²) >= 11 is 10.1. The molecule has 1 amide bonds. The molecule has 0 fully saturated rings. The predicted molar refractivity (Wildman–Crippen MR) is 120 cm³/mol. The first-order chi connectivity index (χ1) is 14.5. The van der Waals surface area contributed by atoms with Crippen LogP contribution in [0.25, 0.3) is 0 Å². The van der Waals surface area contributed by atoms with Crippen LogP contribution in [0.5, 0.6) is 0 Å². The minimum Gasteiger partial charge on any atom is -0.272 e. The SMILES string of the molecule is O=C(CSc1nnc(SCc2ccc(Cl)cc2)s1)N/N=C/c1cccc([N+](=O)[O-])c1. The van der Waals surface area contributed by atoms with Crippen LogP contribution in [-0.4, -0.2) is 33.0 Å². The average Bonchev–Trinajstić information content (AvgIpc) is 3.20. The zero-order valence-corrected chi connectivity index (χ0v) is 18.4. The predicted octanol–water partition coefficient (Wildman–Crippen LogP) is 4.63. The van der Waals surface area contributed by atoms with Crippen molar-refractivity contribution in [3.8, 4) is 0 Å². The van der Waals surface area contributed by atoms with Gasteiger partial charge >= 0.3 is 0 Å². The summed E-state index contributed by atoms with van der Waals surface area (Å²) in [6, 6.07) is 13.6. The lowest BCUT2D eigenvalue weighted by Gasteiger charge is -1.98. The van der Waals surface area contributed by atoms with Gasteiger partial charge in [0, 0.05) is 28.5 Å². The number of hydrogen-bond donors (Lipinski definition) is 1. The van der Waals surface area contributed by atoms with Crippen LogP contribution in [0.15, 0.2) is 62.3 Å². The molecule has 0 aliphatic rings. The Kier molecular flexibility index (Phi) is 8.20. The number of nitrogens with zero attached hydrogens (tertiary/aromatic N) is 4. The molecular weight excluding hydrogens is 466 g/mol. The van der Waals surface area contributed by atoms with Gasteiger partial charge in [-0.05, 0) is 17.7 Å². The summed E-state index contributed by atoms with van der Waals surface area (Å²) in [5.41, 5.74) is 4.00. The van der Waals surface area contributed by atoms with Gasteiger partial charge in [0.1, 0.15) is 0 Å². The number of nitrogens with one attached hydrogen (secondary N) is 1. The van der Waals surface area contributed by atoms with Gasteiger partial charge in [-0.1, -0.05) is 70.7 Å². The highest BCUT2D eigenvalue weighted by molar-refractivity contribution is 8.03. The molecule has 1 aromatic heterocycles. The fourth-order valence-corrected chi connectivity index (χ4v) is 4.99. The Morgan fingerprint density at radius 3 is 2.67 bits per heavy atom. The Morgan fingerprint density at radius 1 is 1.20 bits per heavy atom. The Balaban J connectivity index is 1.42. The van der Waals surface area contributed by atoms with Crippen molar-refractivity contribution in [2.75, 3.05) is 5.75 Å². The number of rotatable bonds is 9. The average molecular weight is 480 g/mol. The van der Waals surface area contributed by atoms with Crippen LogP contribution in [0.2, 0.25) is 5.02 Å². The molecule has 1 heterocycles. The van der Waals surface area contributed by atoms with Crippen molar-refractivity contribution in [1.29, 1.82) is 0 Å². The molecule has 0 saturated heterocycles. The molecule has 8 nitrogen and oxygen atoms in total. The minimum atomic E-state index is -0.489. The second-order valence-corrected chi connectivity index (χ2v) is 9.54. The van der Waals surface area contributed by atoms with E-state index in [0.29, 0.717) is 14.9 Å². The standard InChI is InChI=1S/C18H14ClN5O3S3/c19-14-6-4-12(5-7-14)10-28-17-22-23-18(30-17)29-11-16(25)21-20-9-13-2-1-3-15(8-13)24(26)27/h1-9H,10-11H2,(H,21,25)/b20-9+.